The van der Waals surface area contributed by atoms with Gasteiger partial charge in [-0.15, -0.1) is 0 Å². The van der Waals surface area contributed by atoms with Crippen molar-refractivity contribution in [3.05, 3.63) is 12.2 Å². The number of rotatable bonds is 11. The molecule has 6 heteroatoms. The molecule has 0 amide bonds. The van der Waals surface area contributed by atoms with E-state index in [1.54, 1.807) is 0 Å². The van der Waals surface area contributed by atoms with Crippen LogP contribution in [-0.2, 0) is 28.5 Å². The van der Waals surface area contributed by atoms with Gasteiger partial charge < -0.3 is 23.7 Å². The third kappa shape index (κ3) is 7.27. The minimum absolute atomic E-state index is 0.0172. The molecular formula is C27H44O6. The number of esters is 1. The zero-order valence-corrected chi connectivity index (χ0v) is 20.6. The van der Waals surface area contributed by atoms with Crippen LogP contribution >= 0.6 is 0 Å². The molecule has 0 aromatic carbocycles. The van der Waals surface area contributed by atoms with Crippen molar-refractivity contribution in [2.75, 3.05) is 13.2 Å². The van der Waals surface area contributed by atoms with E-state index in [4.69, 9.17) is 23.7 Å². The molecule has 33 heavy (non-hydrogen) atoms. The van der Waals surface area contributed by atoms with Gasteiger partial charge in [0.2, 0.25) is 0 Å². The van der Waals surface area contributed by atoms with E-state index in [1.165, 1.54) is 19.3 Å². The monoisotopic (exact) mass is 464 g/mol. The SMILES string of the molecule is CCCC[C@H](C)C[C@@H](/C=C/[C@@H]1[C@H]2CC(=O)O[C@H]2C[C@H]1O[C@H]1CCCCO1)O[C@H]1CCCCO1. The summed E-state index contributed by atoms with van der Waals surface area (Å²) in [6.45, 7) is 6.12. The van der Waals surface area contributed by atoms with Crippen molar-refractivity contribution in [1.29, 1.82) is 0 Å². The second kappa shape index (κ2) is 12.7. The van der Waals surface area contributed by atoms with E-state index < -0.39 is 0 Å². The zero-order valence-electron chi connectivity index (χ0n) is 20.6. The molecule has 0 unspecified atom stereocenters. The molecule has 4 fully saturated rings. The van der Waals surface area contributed by atoms with Crippen LogP contribution in [-0.4, -0.2) is 50.1 Å². The minimum Gasteiger partial charge on any atom is -0.462 e. The standard InChI is InChI=1S/C27H44O6/c1-3-4-9-19(2)16-20(31-26-10-5-7-14-29-26)12-13-21-22-17-25(28)32-24(22)18-23(21)33-27-11-6-8-15-30-27/h12-13,19-24,26-27H,3-11,14-18H2,1-2H3/b13-12+/t19-,20+,21+,22+,23+,24-,26-,27-/m0/s1. The van der Waals surface area contributed by atoms with Gasteiger partial charge in [0.05, 0.1) is 18.6 Å². The van der Waals surface area contributed by atoms with E-state index in [0.717, 1.165) is 64.6 Å². The first-order valence-corrected chi connectivity index (χ1v) is 13.5. The Balaban J connectivity index is 1.43. The largest absolute Gasteiger partial charge is 0.462 e. The summed E-state index contributed by atoms with van der Waals surface area (Å²) >= 11 is 0. The second-order valence-electron chi connectivity index (χ2n) is 10.5. The van der Waals surface area contributed by atoms with Crippen LogP contribution in [0.15, 0.2) is 12.2 Å². The van der Waals surface area contributed by atoms with Crippen LogP contribution in [0.1, 0.15) is 90.9 Å². The maximum Gasteiger partial charge on any atom is 0.306 e. The molecule has 0 N–H and O–H groups in total. The predicted molar refractivity (Wildman–Crippen MR) is 125 cm³/mol. The summed E-state index contributed by atoms with van der Waals surface area (Å²) in [4.78, 5) is 12.0. The van der Waals surface area contributed by atoms with Crippen LogP contribution in [0.4, 0.5) is 0 Å². The number of ether oxygens (including phenoxy) is 5. The highest BCUT2D eigenvalue weighted by Crippen LogP contribution is 2.44. The van der Waals surface area contributed by atoms with Gasteiger partial charge >= 0.3 is 5.97 Å². The zero-order chi connectivity index (χ0) is 23.0. The molecule has 0 bridgehead atoms. The third-order valence-electron chi connectivity index (χ3n) is 7.71. The molecule has 1 aliphatic carbocycles. The van der Waals surface area contributed by atoms with Crippen molar-refractivity contribution in [3.8, 4) is 0 Å². The van der Waals surface area contributed by atoms with Crippen LogP contribution in [0.25, 0.3) is 0 Å². The number of hydrogen-bond acceptors (Lipinski definition) is 6. The van der Waals surface area contributed by atoms with Crippen LogP contribution in [0, 0.1) is 17.8 Å². The summed E-state index contributed by atoms with van der Waals surface area (Å²) < 4.78 is 30.2. The molecule has 0 spiro atoms. The Morgan fingerprint density at radius 3 is 2.55 bits per heavy atom. The normalized spacial score (nSPS) is 36.6. The first kappa shape index (κ1) is 25.2. The van der Waals surface area contributed by atoms with E-state index in [-0.39, 0.29) is 48.7 Å². The molecule has 3 aliphatic heterocycles. The number of fused-ring (bicyclic) bond motifs is 1. The summed E-state index contributed by atoms with van der Waals surface area (Å²) in [6.07, 6.45) is 16.6. The summed E-state index contributed by atoms with van der Waals surface area (Å²) in [5.41, 5.74) is 0. The highest BCUT2D eigenvalue weighted by molar-refractivity contribution is 5.72. The van der Waals surface area contributed by atoms with Crippen molar-refractivity contribution in [1.82, 2.24) is 0 Å². The summed E-state index contributed by atoms with van der Waals surface area (Å²) in [5, 5.41) is 0. The third-order valence-corrected chi connectivity index (χ3v) is 7.71. The molecule has 8 atom stereocenters. The topological polar surface area (TPSA) is 63.2 Å². The van der Waals surface area contributed by atoms with E-state index >= 15 is 0 Å². The Labute approximate surface area is 199 Å². The van der Waals surface area contributed by atoms with Crippen molar-refractivity contribution in [2.45, 2.75) is 122 Å². The average Bonchev–Trinajstić information content (AvgIpc) is 3.32. The van der Waals surface area contributed by atoms with Gasteiger partial charge in [-0.3, -0.25) is 4.79 Å². The molecule has 188 valence electrons. The quantitative estimate of drug-likeness (QED) is 0.296. The Hall–Kier alpha value is -0.950. The van der Waals surface area contributed by atoms with Crippen LogP contribution in [0.5, 0.6) is 0 Å². The molecule has 0 aromatic heterocycles. The number of unbranched alkanes of at least 4 members (excludes halogenated alkanes) is 1. The Morgan fingerprint density at radius 2 is 1.85 bits per heavy atom. The molecule has 1 saturated carbocycles. The van der Waals surface area contributed by atoms with E-state index in [0.29, 0.717) is 12.3 Å². The maximum absolute atomic E-state index is 12.0. The van der Waals surface area contributed by atoms with Crippen LogP contribution < -0.4 is 0 Å². The van der Waals surface area contributed by atoms with Gasteiger partial charge in [-0.25, -0.2) is 0 Å². The Bertz CT molecular complexity index is 624. The lowest BCUT2D eigenvalue weighted by atomic mass is 9.90. The van der Waals surface area contributed by atoms with Gasteiger partial charge in [-0.05, 0) is 50.9 Å². The lowest BCUT2D eigenvalue weighted by molar-refractivity contribution is -0.194. The smallest absolute Gasteiger partial charge is 0.306 e. The fourth-order valence-corrected chi connectivity index (χ4v) is 5.84. The van der Waals surface area contributed by atoms with Gasteiger partial charge in [0.1, 0.15) is 6.10 Å². The fourth-order valence-electron chi connectivity index (χ4n) is 5.84. The van der Waals surface area contributed by atoms with Crippen LogP contribution in [0.2, 0.25) is 0 Å². The van der Waals surface area contributed by atoms with Crippen molar-refractivity contribution in [3.63, 3.8) is 0 Å². The molecule has 6 nitrogen and oxygen atoms in total. The highest BCUT2D eigenvalue weighted by Gasteiger charge is 2.50. The summed E-state index contributed by atoms with van der Waals surface area (Å²) in [5.74, 6) is 0.855. The molecule has 0 aromatic rings. The molecule has 4 rings (SSSR count). The summed E-state index contributed by atoms with van der Waals surface area (Å²) in [6, 6.07) is 0. The number of carbonyl (C=O) groups excluding carboxylic acids is 1. The molecular weight excluding hydrogens is 420 g/mol. The van der Waals surface area contributed by atoms with E-state index in [1.807, 2.05) is 0 Å². The van der Waals surface area contributed by atoms with Gasteiger partial charge in [-0.1, -0.05) is 45.3 Å². The molecule has 4 aliphatic rings. The summed E-state index contributed by atoms with van der Waals surface area (Å²) in [7, 11) is 0. The lowest BCUT2D eigenvalue weighted by Gasteiger charge is -2.30. The van der Waals surface area contributed by atoms with Gasteiger partial charge in [-0.2, -0.15) is 0 Å². The highest BCUT2D eigenvalue weighted by atomic mass is 16.7. The Kier molecular flexibility index (Phi) is 9.65. The lowest BCUT2D eigenvalue weighted by Crippen LogP contribution is -2.31. The average molecular weight is 465 g/mol. The van der Waals surface area contributed by atoms with Gasteiger partial charge in [0.25, 0.3) is 0 Å². The first-order valence-electron chi connectivity index (χ1n) is 13.5. The first-order chi connectivity index (χ1) is 16.1. The van der Waals surface area contributed by atoms with Gasteiger partial charge in [0, 0.05) is 31.5 Å². The minimum atomic E-state index is -0.133. The molecule has 3 heterocycles. The van der Waals surface area contributed by atoms with E-state index in [9.17, 15) is 4.79 Å². The second-order valence-corrected chi connectivity index (χ2v) is 10.5. The predicted octanol–water partition coefficient (Wildman–Crippen LogP) is 5.53. The van der Waals surface area contributed by atoms with Gasteiger partial charge in [0.15, 0.2) is 12.6 Å². The Morgan fingerprint density at radius 1 is 1.09 bits per heavy atom. The molecule has 0 radical (unpaired) electrons. The van der Waals surface area contributed by atoms with Crippen molar-refractivity contribution >= 4 is 5.97 Å². The number of hydrogen-bond donors (Lipinski definition) is 0. The van der Waals surface area contributed by atoms with E-state index in [2.05, 4.69) is 26.0 Å². The van der Waals surface area contributed by atoms with Crippen molar-refractivity contribution < 1.29 is 28.5 Å². The fraction of sp³-hybridized carbons (Fsp3) is 0.889. The van der Waals surface area contributed by atoms with Crippen molar-refractivity contribution in [2.24, 2.45) is 17.8 Å². The number of carbonyl (C=O) groups is 1. The molecule has 3 saturated heterocycles. The van der Waals surface area contributed by atoms with Crippen LogP contribution in [0.3, 0.4) is 0 Å². The maximum atomic E-state index is 12.0.